The fourth-order valence-corrected chi connectivity index (χ4v) is 0.246. The van der Waals surface area contributed by atoms with Crippen molar-refractivity contribution in [3.63, 3.8) is 0 Å². The highest BCUT2D eigenvalue weighted by atomic mass is 16.2. The second kappa shape index (κ2) is 3.03. The van der Waals surface area contributed by atoms with Crippen molar-refractivity contribution in [3.8, 4) is 6.07 Å². The summed E-state index contributed by atoms with van der Waals surface area (Å²) in [6.07, 6.45) is 0. The van der Waals surface area contributed by atoms with Crippen LogP contribution in [0.3, 0.4) is 0 Å². The fourth-order valence-electron chi connectivity index (χ4n) is 0.246. The molecule has 0 aliphatic heterocycles. The number of hydrogen-bond donors (Lipinski definition) is 3. The molecule has 2 amide bonds. The highest BCUT2D eigenvalue weighted by Crippen LogP contribution is 1.94. The normalized spacial score (nSPS) is 10.1. The molecule has 0 heterocycles. The Bertz CT molecular complexity index is 169. The van der Waals surface area contributed by atoms with Crippen LogP contribution < -0.4 is 16.6 Å². The minimum Gasteiger partial charge on any atom is -0.351 e. The zero-order chi connectivity index (χ0) is 8.20. The number of nitriles is 1. The summed E-state index contributed by atoms with van der Waals surface area (Å²) in [5, 5.41) is 8.40. The predicted octanol–water partition coefficient (Wildman–Crippen LogP) is -0.539. The van der Waals surface area contributed by atoms with E-state index < -0.39 is 11.6 Å². The van der Waals surface area contributed by atoms with Crippen LogP contribution in [0.15, 0.2) is 0 Å². The van der Waals surface area contributed by atoms with Crippen molar-refractivity contribution in [2.24, 2.45) is 5.73 Å². The number of amides is 2. The van der Waals surface area contributed by atoms with Gasteiger partial charge in [0, 0.05) is 0 Å². The molecule has 0 rings (SSSR count). The van der Waals surface area contributed by atoms with Gasteiger partial charge in [0.05, 0.1) is 6.07 Å². The number of urea groups is 1. The molecule has 5 nitrogen and oxygen atoms in total. The average molecular weight is 142 g/mol. The zero-order valence-electron chi connectivity index (χ0n) is 5.93. The van der Waals surface area contributed by atoms with Crippen molar-refractivity contribution < 1.29 is 4.79 Å². The standard InChI is InChI=1S/C5H10N4O/c1-5(2,3-6)9-8-4(7)10/h9H,1-2H3,(H3,7,8,10). The van der Waals surface area contributed by atoms with Crippen LogP contribution >= 0.6 is 0 Å². The van der Waals surface area contributed by atoms with Crippen molar-refractivity contribution in [1.82, 2.24) is 10.9 Å². The summed E-state index contributed by atoms with van der Waals surface area (Å²) in [7, 11) is 0. The Balaban J connectivity index is 3.71. The minimum absolute atomic E-state index is 0.705. The maximum Gasteiger partial charge on any atom is 0.326 e. The summed E-state index contributed by atoms with van der Waals surface area (Å²) < 4.78 is 0. The molecule has 0 atom stereocenters. The lowest BCUT2D eigenvalue weighted by Crippen LogP contribution is -2.51. The second-order valence-corrected chi connectivity index (χ2v) is 2.35. The van der Waals surface area contributed by atoms with Gasteiger partial charge < -0.3 is 5.73 Å². The Hall–Kier alpha value is -1.28. The SMILES string of the molecule is CC(C)(C#N)NNC(N)=O. The van der Waals surface area contributed by atoms with Crippen LogP contribution in [0.5, 0.6) is 0 Å². The van der Waals surface area contributed by atoms with Crippen molar-refractivity contribution in [2.75, 3.05) is 0 Å². The molecule has 0 aliphatic carbocycles. The number of rotatable bonds is 2. The molecule has 56 valence electrons. The molecule has 0 saturated carbocycles. The first-order chi connectivity index (χ1) is 4.48. The topological polar surface area (TPSA) is 90.9 Å². The minimum atomic E-state index is -0.783. The van der Waals surface area contributed by atoms with Crippen LogP contribution in [0, 0.1) is 11.3 Å². The molecular weight excluding hydrogens is 132 g/mol. The lowest BCUT2D eigenvalue weighted by atomic mass is 10.1. The highest BCUT2D eigenvalue weighted by Gasteiger charge is 2.15. The number of carbonyl (C=O) groups is 1. The van der Waals surface area contributed by atoms with Gasteiger partial charge in [0.1, 0.15) is 5.54 Å². The van der Waals surface area contributed by atoms with Crippen molar-refractivity contribution in [1.29, 1.82) is 5.26 Å². The van der Waals surface area contributed by atoms with E-state index in [1.807, 2.05) is 6.07 Å². The monoisotopic (exact) mass is 142 g/mol. The van der Waals surface area contributed by atoms with E-state index in [4.69, 9.17) is 11.0 Å². The molecule has 0 saturated heterocycles. The third-order valence-corrected chi connectivity index (χ3v) is 0.778. The lowest BCUT2D eigenvalue weighted by Gasteiger charge is -2.16. The van der Waals surface area contributed by atoms with E-state index >= 15 is 0 Å². The van der Waals surface area contributed by atoms with E-state index in [0.717, 1.165) is 0 Å². The van der Waals surface area contributed by atoms with Gasteiger partial charge in [-0.05, 0) is 13.8 Å². The van der Waals surface area contributed by atoms with Crippen LogP contribution in [-0.4, -0.2) is 11.6 Å². The molecule has 0 aromatic carbocycles. The highest BCUT2D eigenvalue weighted by molar-refractivity contribution is 5.71. The number of hydrogen-bond acceptors (Lipinski definition) is 3. The third-order valence-electron chi connectivity index (χ3n) is 0.778. The van der Waals surface area contributed by atoms with Crippen LogP contribution in [-0.2, 0) is 0 Å². The van der Waals surface area contributed by atoms with Gasteiger partial charge in [-0.3, -0.25) is 5.43 Å². The Labute approximate surface area is 59.2 Å². The maximum atomic E-state index is 10.1. The summed E-state index contributed by atoms with van der Waals surface area (Å²) in [6, 6.07) is 1.21. The Morgan fingerprint density at radius 3 is 2.50 bits per heavy atom. The number of primary amides is 1. The molecule has 0 radical (unpaired) electrons. The van der Waals surface area contributed by atoms with Crippen molar-refractivity contribution in [3.05, 3.63) is 0 Å². The molecule has 4 N–H and O–H groups in total. The van der Waals surface area contributed by atoms with Gasteiger partial charge in [-0.15, -0.1) is 0 Å². The van der Waals surface area contributed by atoms with Crippen LogP contribution in [0.1, 0.15) is 13.8 Å². The first-order valence-electron chi connectivity index (χ1n) is 2.72. The molecule has 0 bridgehead atoms. The summed E-state index contributed by atoms with van der Waals surface area (Å²) in [5.74, 6) is 0. The van der Waals surface area contributed by atoms with E-state index in [1.165, 1.54) is 0 Å². The van der Waals surface area contributed by atoms with Gasteiger partial charge in [-0.1, -0.05) is 0 Å². The first-order valence-corrected chi connectivity index (χ1v) is 2.72. The molecular formula is C5H10N4O. The largest absolute Gasteiger partial charge is 0.351 e. The number of carbonyl (C=O) groups excluding carboxylic acids is 1. The van der Waals surface area contributed by atoms with Crippen molar-refractivity contribution in [2.45, 2.75) is 19.4 Å². The quantitative estimate of drug-likeness (QED) is 0.452. The summed E-state index contributed by atoms with van der Waals surface area (Å²) in [5.41, 5.74) is 8.48. The van der Waals surface area contributed by atoms with Crippen LogP contribution in [0.2, 0.25) is 0 Å². The van der Waals surface area contributed by atoms with Gasteiger partial charge in [-0.2, -0.15) is 5.26 Å². The smallest absolute Gasteiger partial charge is 0.326 e. The van der Waals surface area contributed by atoms with E-state index in [-0.39, 0.29) is 0 Å². The zero-order valence-corrected chi connectivity index (χ0v) is 5.93. The molecule has 0 aliphatic rings. The molecule has 0 aromatic rings. The summed E-state index contributed by atoms with van der Waals surface area (Å²) in [4.78, 5) is 10.1. The van der Waals surface area contributed by atoms with Crippen molar-refractivity contribution >= 4 is 6.03 Å². The first kappa shape index (κ1) is 8.72. The van der Waals surface area contributed by atoms with Crippen LogP contribution in [0.25, 0.3) is 0 Å². The Morgan fingerprint density at radius 1 is 1.70 bits per heavy atom. The van der Waals surface area contributed by atoms with Gasteiger partial charge in [0.25, 0.3) is 0 Å². The van der Waals surface area contributed by atoms with Gasteiger partial charge in [0.2, 0.25) is 0 Å². The van der Waals surface area contributed by atoms with Gasteiger partial charge in [-0.25, -0.2) is 10.2 Å². The van der Waals surface area contributed by atoms with E-state index in [1.54, 1.807) is 13.8 Å². The maximum absolute atomic E-state index is 10.1. The fraction of sp³-hybridized carbons (Fsp3) is 0.600. The molecule has 0 fully saturated rings. The second-order valence-electron chi connectivity index (χ2n) is 2.35. The third kappa shape index (κ3) is 3.69. The Morgan fingerprint density at radius 2 is 2.20 bits per heavy atom. The van der Waals surface area contributed by atoms with Gasteiger partial charge in [0.15, 0.2) is 0 Å². The summed E-state index contributed by atoms with van der Waals surface area (Å²) in [6.45, 7) is 3.23. The predicted molar refractivity (Wildman–Crippen MR) is 35.5 cm³/mol. The Kier molecular flexibility index (Phi) is 2.65. The molecule has 10 heavy (non-hydrogen) atoms. The average Bonchev–Trinajstić information content (AvgIpc) is 1.85. The molecule has 0 spiro atoms. The molecule has 5 heteroatoms. The molecule has 0 unspecified atom stereocenters. The van der Waals surface area contributed by atoms with E-state index in [9.17, 15) is 4.79 Å². The summed E-state index contributed by atoms with van der Waals surface area (Å²) >= 11 is 0. The number of hydrazine groups is 1. The molecule has 0 aromatic heterocycles. The van der Waals surface area contributed by atoms with E-state index in [0.29, 0.717) is 0 Å². The van der Waals surface area contributed by atoms with E-state index in [2.05, 4.69) is 10.9 Å². The van der Waals surface area contributed by atoms with Crippen LogP contribution in [0.4, 0.5) is 4.79 Å². The number of nitrogens with one attached hydrogen (secondary N) is 2. The van der Waals surface area contributed by atoms with Gasteiger partial charge >= 0.3 is 6.03 Å². The lowest BCUT2D eigenvalue weighted by molar-refractivity contribution is 0.240. The number of nitrogens with zero attached hydrogens (tertiary/aromatic N) is 1. The number of nitrogens with two attached hydrogens (primary N) is 1.